The normalized spacial score (nSPS) is 13.7. The van der Waals surface area contributed by atoms with E-state index in [-0.39, 0.29) is 24.9 Å². The highest BCUT2D eigenvalue weighted by Gasteiger charge is 2.28. The number of nitrogens with zero attached hydrogens (tertiary/aromatic N) is 1. The van der Waals surface area contributed by atoms with E-state index >= 15 is 0 Å². The Kier molecular flexibility index (Phi) is 6.46. The molecule has 0 saturated carbocycles. The van der Waals surface area contributed by atoms with Gasteiger partial charge < -0.3 is 14.8 Å². The summed E-state index contributed by atoms with van der Waals surface area (Å²) in [6, 6.07) is 15.9. The first-order valence-electron chi connectivity index (χ1n) is 9.77. The summed E-state index contributed by atoms with van der Waals surface area (Å²) < 4.78 is 23.7. The van der Waals surface area contributed by atoms with Gasteiger partial charge in [0, 0.05) is 4.88 Å². The molecule has 1 N–H and O–H groups in total. The van der Waals surface area contributed by atoms with Crippen molar-refractivity contribution in [3.8, 4) is 5.75 Å². The molecule has 2 aromatic carbocycles. The Hall–Kier alpha value is -3.72. The predicted octanol–water partition coefficient (Wildman–Crippen LogP) is 3.06. The van der Waals surface area contributed by atoms with Crippen LogP contribution in [0.3, 0.4) is 0 Å². The van der Waals surface area contributed by atoms with Gasteiger partial charge in [0.2, 0.25) is 0 Å². The van der Waals surface area contributed by atoms with Gasteiger partial charge in [0.25, 0.3) is 11.8 Å². The third kappa shape index (κ3) is 4.94. The van der Waals surface area contributed by atoms with Crippen LogP contribution in [-0.2, 0) is 19.1 Å². The minimum absolute atomic E-state index is 0.176. The Labute approximate surface area is 187 Å². The van der Waals surface area contributed by atoms with Crippen molar-refractivity contribution in [3.05, 3.63) is 82.3 Å². The number of carbonyl (C=O) groups is 3. The maximum absolute atomic E-state index is 13.3. The number of nitrogens with one attached hydrogen (secondary N) is 1. The van der Waals surface area contributed by atoms with E-state index in [0.717, 1.165) is 4.88 Å². The van der Waals surface area contributed by atoms with Crippen LogP contribution in [0.25, 0.3) is 0 Å². The number of hydrogen-bond acceptors (Lipinski definition) is 6. The first-order chi connectivity index (χ1) is 15.5. The van der Waals surface area contributed by atoms with Crippen LogP contribution in [0.5, 0.6) is 5.75 Å². The zero-order chi connectivity index (χ0) is 22.5. The topological polar surface area (TPSA) is 84.9 Å². The van der Waals surface area contributed by atoms with Gasteiger partial charge in [-0.2, -0.15) is 0 Å². The highest BCUT2D eigenvalue weighted by molar-refractivity contribution is 7.10. The average molecular weight is 454 g/mol. The SMILES string of the molecule is O=C(COC(=O)CN1C(=O)COc2ccccc21)NC(c1ccc(F)cc1)c1cccs1. The number of fused-ring (bicyclic) bond motifs is 1. The van der Waals surface area contributed by atoms with Gasteiger partial charge in [-0.05, 0) is 41.3 Å². The molecule has 7 nitrogen and oxygen atoms in total. The van der Waals surface area contributed by atoms with E-state index in [2.05, 4.69) is 5.32 Å². The van der Waals surface area contributed by atoms with Crippen molar-refractivity contribution in [3.63, 3.8) is 0 Å². The van der Waals surface area contributed by atoms with E-state index in [9.17, 15) is 18.8 Å². The fourth-order valence-corrected chi connectivity index (χ4v) is 4.08. The van der Waals surface area contributed by atoms with Crippen LogP contribution in [0.2, 0.25) is 0 Å². The molecule has 2 amide bonds. The van der Waals surface area contributed by atoms with Crippen molar-refractivity contribution in [2.24, 2.45) is 0 Å². The number of ether oxygens (including phenoxy) is 2. The molecule has 3 aromatic rings. The molecule has 1 aromatic heterocycles. The van der Waals surface area contributed by atoms with Gasteiger partial charge in [-0.1, -0.05) is 30.3 Å². The van der Waals surface area contributed by atoms with Crippen molar-refractivity contribution in [1.82, 2.24) is 5.32 Å². The van der Waals surface area contributed by atoms with Gasteiger partial charge in [-0.25, -0.2) is 4.39 Å². The van der Waals surface area contributed by atoms with Gasteiger partial charge in [-0.15, -0.1) is 11.3 Å². The molecule has 1 atom stereocenters. The third-order valence-electron chi connectivity index (χ3n) is 4.80. The smallest absolute Gasteiger partial charge is 0.326 e. The number of benzene rings is 2. The molecule has 0 spiro atoms. The van der Waals surface area contributed by atoms with Crippen LogP contribution in [0.15, 0.2) is 66.0 Å². The van der Waals surface area contributed by atoms with Crippen LogP contribution < -0.4 is 15.0 Å². The van der Waals surface area contributed by atoms with E-state index in [0.29, 0.717) is 17.0 Å². The summed E-state index contributed by atoms with van der Waals surface area (Å²) >= 11 is 1.44. The van der Waals surface area contributed by atoms with Gasteiger partial charge in [0.15, 0.2) is 13.2 Å². The zero-order valence-electron chi connectivity index (χ0n) is 16.8. The maximum atomic E-state index is 13.3. The molecule has 1 aliphatic heterocycles. The highest BCUT2D eigenvalue weighted by atomic mass is 32.1. The molecular formula is C23H19FN2O5S. The standard InChI is InChI=1S/C23H19FN2O5S/c24-16-9-7-15(8-10-16)23(19-6-3-11-32-19)25-20(27)13-31-22(29)12-26-17-4-1-2-5-18(17)30-14-21(26)28/h1-11,23H,12-14H2,(H,25,27). The van der Waals surface area contributed by atoms with E-state index in [4.69, 9.17) is 9.47 Å². The Balaban J connectivity index is 1.37. The summed E-state index contributed by atoms with van der Waals surface area (Å²) in [6.07, 6.45) is 0. The first-order valence-corrected chi connectivity index (χ1v) is 10.7. The van der Waals surface area contributed by atoms with Crippen molar-refractivity contribution in [2.45, 2.75) is 6.04 Å². The second-order valence-electron chi connectivity index (χ2n) is 6.96. The average Bonchev–Trinajstić information content (AvgIpc) is 3.33. The van der Waals surface area contributed by atoms with Crippen molar-refractivity contribution < 1.29 is 28.2 Å². The molecule has 1 aliphatic rings. The Bertz CT molecular complexity index is 1120. The van der Waals surface area contributed by atoms with Crippen LogP contribution >= 0.6 is 11.3 Å². The fourth-order valence-electron chi connectivity index (χ4n) is 3.28. The second-order valence-corrected chi connectivity index (χ2v) is 7.94. The third-order valence-corrected chi connectivity index (χ3v) is 5.73. The summed E-state index contributed by atoms with van der Waals surface area (Å²) in [5.41, 5.74) is 1.17. The summed E-state index contributed by atoms with van der Waals surface area (Å²) in [6.45, 7) is -1.02. The molecular weight excluding hydrogens is 435 g/mol. The van der Waals surface area contributed by atoms with Gasteiger partial charge in [0.1, 0.15) is 18.1 Å². The summed E-state index contributed by atoms with van der Waals surface area (Å²) in [5, 5.41) is 4.68. The second kappa shape index (κ2) is 9.61. The van der Waals surface area contributed by atoms with E-state index in [1.165, 1.54) is 28.4 Å². The zero-order valence-corrected chi connectivity index (χ0v) is 17.6. The Morgan fingerprint density at radius 3 is 2.66 bits per heavy atom. The molecule has 32 heavy (non-hydrogen) atoms. The van der Waals surface area contributed by atoms with Gasteiger partial charge >= 0.3 is 5.97 Å². The van der Waals surface area contributed by atoms with Crippen molar-refractivity contribution in [1.29, 1.82) is 0 Å². The lowest BCUT2D eigenvalue weighted by Crippen LogP contribution is -2.43. The maximum Gasteiger partial charge on any atom is 0.326 e. The molecule has 2 heterocycles. The first kappa shape index (κ1) is 21.5. The molecule has 9 heteroatoms. The molecule has 164 valence electrons. The van der Waals surface area contributed by atoms with Crippen molar-refractivity contribution >= 4 is 34.8 Å². The van der Waals surface area contributed by atoms with Gasteiger partial charge in [0.05, 0.1) is 11.7 Å². The monoisotopic (exact) mass is 454 g/mol. The minimum atomic E-state index is -0.723. The van der Waals surface area contributed by atoms with Crippen molar-refractivity contribution in [2.75, 3.05) is 24.7 Å². The molecule has 0 fully saturated rings. The number of anilines is 1. The lowest BCUT2D eigenvalue weighted by atomic mass is 10.1. The lowest BCUT2D eigenvalue weighted by molar-refractivity contribution is -0.147. The highest BCUT2D eigenvalue weighted by Crippen LogP contribution is 2.31. The molecule has 1 unspecified atom stereocenters. The van der Waals surface area contributed by atoms with E-state index < -0.39 is 24.5 Å². The van der Waals surface area contributed by atoms with Crippen LogP contribution in [0.1, 0.15) is 16.5 Å². The number of carbonyl (C=O) groups excluding carboxylic acids is 3. The minimum Gasteiger partial charge on any atom is -0.482 e. The molecule has 0 radical (unpaired) electrons. The number of hydrogen-bond donors (Lipinski definition) is 1. The largest absolute Gasteiger partial charge is 0.482 e. The number of halogens is 1. The number of amides is 2. The summed E-state index contributed by atoms with van der Waals surface area (Å²) in [7, 11) is 0. The summed E-state index contributed by atoms with van der Waals surface area (Å²) in [4.78, 5) is 39.1. The number of para-hydroxylation sites is 2. The lowest BCUT2D eigenvalue weighted by Gasteiger charge is -2.28. The molecule has 0 aliphatic carbocycles. The molecule has 0 saturated heterocycles. The van der Waals surface area contributed by atoms with Crippen LogP contribution in [0.4, 0.5) is 10.1 Å². The fraction of sp³-hybridized carbons (Fsp3) is 0.174. The molecule has 0 bridgehead atoms. The number of thiophene rings is 1. The molecule has 4 rings (SSSR count). The number of esters is 1. The Morgan fingerprint density at radius 2 is 1.91 bits per heavy atom. The van der Waals surface area contributed by atoms with Crippen LogP contribution in [0, 0.1) is 5.82 Å². The summed E-state index contributed by atoms with van der Waals surface area (Å²) in [5.74, 6) is -1.50. The van der Waals surface area contributed by atoms with Gasteiger partial charge in [-0.3, -0.25) is 19.3 Å². The predicted molar refractivity (Wildman–Crippen MR) is 116 cm³/mol. The Morgan fingerprint density at radius 1 is 1.12 bits per heavy atom. The van der Waals surface area contributed by atoms with Crippen LogP contribution in [-0.4, -0.2) is 37.5 Å². The quantitative estimate of drug-likeness (QED) is 0.555. The van der Waals surface area contributed by atoms with E-state index in [1.54, 1.807) is 36.4 Å². The van der Waals surface area contributed by atoms with E-state index in [1.807, 2.05) is 17.5 Å². The number of rotatable bonds is 7.